The molecule has 0 radical (unpaired) electrons. The smallest absolute Gasteiger partial charge is 0.240 e. The molecule has 16 heavy (non-hydrogen) atoms. The first-order valence-corrected chi connectivity index (χ1v) is 5.23. The van der Waals surface area contributed by atoms with Crippen LogP contribution in [0.4, 0.5) is 5.95 Å². The van der Waals surface area contributed by atoms with Crippen LogP contribution in [0.3, 0.4) is 0 Å². The van der Waals surface area contributed by atoms with E-state index in [2.05, 4.69) is 31.3 Å². The number of nitrogen functional groups attached to an aromatic ring is 1. The summed E-state index contributed by atoms with van der Waals surface area (Å²) in [6.07, 6.45) is 3.14. The van der Waals surface area contributed by atoms with Crippen LogP contribution in [0.2, 0.25) is 0 Å². The normalized spacial score (nSPS) is 10.1. The molecule has 0 spiro atoms. The van der Waals surface area contributed by atoms with Crippen molar-refractivity contribution >= 4 is 21.9 Å². The molecule has 0 fully saturated rings. The van der Waals surface area contributed by atoms with Crippen molar-refractivity contribution in [1.29, 1.82) is 0 Å². The molecule has 0 aliphatic heterocycles. The molecule has 0 aromatic carbocycles. The summed E-state index contributed by atoms with van der Waals surface area (Å²) in [7, 11) is 0. The van der Waals surface area contributed by atoms with E-state index in [1.54, 1.807) is 18.5 Å². The minimum atomic E-state index is 0.289. The number of hydrogen-bond acceptors (Lipinski definition) is 6. The fraction of sp³-hybridized carbons (Fsp3) is 0.111. The van der Waals surface area contributed by atoms with Gasteiger partial charge in [0, 0.05) is 0 Å². The molecule has 2 aromatic heterocycles. The average molecular weight is 285 g/mol. The molecule has 2 rings (SSSR count). The summed E-state index contributed by atoms with van der Waals surface area (Å²) in [5.41, 5.74) is 2.34. The quantitative estimate of drug-likeness (QED) is 0.656. The molecule has 7 heteroatoms. The molecule has 0 amide bonds. The van der Waals surface area contributed by atoms with Crippen molar-refractivity contribution in [3.63, 3.8) is 0 Å². The van der Waals surface area contributed by atoms with Crippen molar-refractivity contribution in [2.75, 3.05) is 5.43 Å². The summed E-state index contributed by atoms with van der Waals surface area (Å²) in [6.45, 7) is 0.298. The molecule has 0 aliphatic carbocycles. The van der Waals surface area contributed by atoms with Gasteiger partial charge in [-0.05, 0) is 28.1 Å². The zero-order chi connectivity index (χ0) is 11.4. The second-order valence-electron chi connectivity index (χ2n) is 2.86. The molecular formula is C9H9BrN4O2. The second kappa shape index (κ2) is 4.95. The van der Waals surface area contributed by atoms with Gasteiger partial charge in [-0.25, -0.2) is 10.8 Å². The van der Waals surface area contributed by atoms with Crippen molar-refractivity contribution in [3.05, 3.63) is 34.8 Å². The lowest BCUT2D eigenvalue weighted by atomic mass is 10.5. The van der Waals surface area contributed by atoms with Crippen LogP contribution < -0.4 is 16.0 Å². The minimum Gasteiger partial charge on any atom is -0.469 e. The summed E-state index contributed by atoms with van der Waals surface area (Å²) in [6, 6.07) is 3.61. The highest BCUT2D eigenvalue weighted by atomic mass is 79.9. The van der Waals surface area contributed by atoms with E-state index >= 15 is 0 Å². The zero-order valence-electron chi connectivity index (χ0n) is 8.18. The Hall–Kier alpha value is -1.60. The third-order valence-electron chi connectivity index (χ3n) is 1.77. The minimum absolute atomic E-state index is 0.289. The van der Waals surface area contributed by atoms with E-state index in [1.807, 2.05) is 6.07 Å². The van der Waals surface area contributed by atoms with Crippen LogP contribution in [0.5, 0.6) is 5.88 Å². The Morgan fingerprint density at radius 3 is 3.12 bits per heavy atom. The molecule has 6 nitrogen and oxygen atoms in total. The Morgan fingerprint density at radius 2 is 2.44 bits per heavy atom. The summed E-state index contributed by atoms with van der Waals surface area (Å²) >= 11 is 3.27. The molecule has 0 aliphatic rings. The van der Waals surface area contributed by atoms with Crippen molar-refractivity contribution in [3.8, 4) is 5.88 Å². The van der Waals surface area contributed by atoms with Crippen LogP contribution >= 0.6 is 15.9 Å². The van der Waals surface area contributed by atoms with Crippen molar-refractivity contribution in [2.24, 2.45) is 5.84 Å². The Morgan fingerprint density at radius 1 is 1.56 bits per heavy atom. The SMILES string of the molecule is NNc1ncc(Br)c(OCc2ccco2)n1. The molecule has 0 saturated carbocycles. The van der Waals surface area contributed by atoms with Gasteiger partial charge in [0.25, 0.3) is 0 Å². The van der Waals surface area contributed by atoms with E-state index in [-0.39, 0.29) is 5.95 Å². The van der Waals surface area contributed by atoms with Gasteiger partial charge in [0.2, 0.25) is 11.8 Å². The van der Waals surface area contributed by atoms with Crippen LogP contribution in [0.15, 0.2) is 33.5 Å². The molecular weight excluding hydrogens is 276 g/mol. The summed E-state index contributed by atoms with van der Waals surface area (Å²) in [5, 5.41) is 0. The molecule has 0 atom stereocenters. The first-order chi connectivity index (χ1) is 7.79. The molecule has 84 valence electrons. The van der Waals surface area contributed by atoms with E-state index in [0.29, 0.717) is 22.7 Å². The Labute approximate surface area is 99.9 Å². The van der Waals surface area contributed by atoms with Crippen LogP contribution in [0, 0.1) is 0 Å². The van der Waals surface area contributed by atoms with Crippen LogP contribution in [0.25, 0.3) is 0 Å². The van der Waals surface area contributed by atoms with E-state index in [1.165, 1.54) is 0 Å². The Kier molecular flexibility index (Phi) is 3.37. The first-order valence-electron chi connectivity index (χ1n) is 4.44. The highest BCUT2D eigenvalue weighted by Crippen LogP contribution is 2.23. The second-order valence-corrected chi connectivity index (χ2v) is 3.71. The number of hydrogen-bond donors (Lipinski definition) is 2. The predicted octanol–water partition coefficient (Wildman–Crippen LogP) is 1.70. The highest BCUT2D eigenvalue weighted by Gasteiger charge is 2.06. The van der Waals surface area contributed by atoms with Crippen LogP contribution in [-0.2, 0) is 6.61 Å². The molecule has 2 heterocycles. The fourth-order valence-electron chi connectivity index (χ4n) is 1.06. The molecule has 0 bridgehead atoms. The van der Waals surface area contributed by atoms with E-state index in [0.717, 1.165) is 0 Å². The number of furan rings is 1. The van der Waals surface area contributed by atoms with Crippen LogP contribution in [-0.4, -0.2) is 9.97 Å². The van der Waals surface area contributed by atoms with Crippen molar-refractivity contribution in [2.45, 2.75) is 6.61 Å². The number of anilines is 1. The number of rotatable bonds is 4. The van der Waals surface area contributed by atoms with E-state index < -0.39 is 0 Å². The molecule has 3 N–H and O–H groups in total. The highest BCUT2D eigenvalue weighted by molar-refractivity contribution is 9.10. The average Bonchev–Trinajstić information content (AvgIpc) is 2.81. The largest absolute Gasteiger partial charge is 0.469 e. The molecule has 2 aromatic rings. The lowest BCUT2D eigenvalue weighted by Crippen LogP contribution is -2.11. The predicted molar refractivity (Wildman–Crippen MR) is 60.6 cm³/mol. The zero-order valence-corrected chi connectivity index (χ0v) is 9.77. The van der Waals surface area contributed by atoms with Gasteiger partial charge in [-0.2, -0.15) is 4.98 Å². The number of ether oxygens (including phenoxy) is 1. The monoisotopic (exact) mass is 284 g/mol. The maximum absolute atomic E-state index is 5.44. The van der Waals surface area contributed by atoms with Gasteiger partial charge in [-0.15, -0.1) is 0 Å². The maximum atomic E-state index is 5.44. The summed E-state index contributed by atoms with van der Waals surface area (Å²) in [5.74, 6) is 6.60. The topological polar surface area (TPSA) is 86.2 Å². The standard InChI is InChI=1S/C9H9BrN4O2/c10-7-4-12-9(14-11)13-8(7)16-5-6-2-1-3-15-6/h1-4H,5,11H2,(H,12,13,14). The lowest BCUT2D eigenvalue weighted by molar-refractivity contribution is 0.259. The van der Waals surface area contributed by atoms with Crippen molar-refractivity contribution in [1.82, 2.24) is 9.97 Å². The molecule has 0 unspecified atom stereocenters. The van der Waals surface area contributed by atoms with Gasteiger partial charge >= 0.3 is 0 Å². The van der Waals surface area contributed by atoms with Gasteiger partial charge in [0.15, 0.2) is 0 Å². The van der Waals surface area contributed by atoms with Gasteiger partial charge in [-0.1, -0.05) is 0 Å². The number of nitrogens with one attached hydrogen (secondary N) is 1. The van der Waals surface area contributed by atoms with E-state index in [4.69, 9.17) is 15.0 Å². The Bertz CT molecular complexity index is 461. The van der Waals surface area contributed by atoms with Gasteiger partial charge < -0.3 is 9.15 Å². The van der Waals surface area contributed by atoms with Crippen molar-refractivity contribution < 1.29 is 9.15 Å². The maximum Gasteiger partial charge on any atom is 0.240 e. The summed E-state index contributed by atoms with van der Waals surface area (Å²) in [4.78, 5) is 7.94. The number of halogens is 1. The van der Waals surface area contributed by atoms with E-state index in [9.17, 15) is 0 Å². The van der Waals surface area contributed by atoms with Gasteiger partial charge in [-0.3, -0.25) is 5.43 Å². The van der Waals surface area contributed by atoms with Crippen LogP contribution in [0.1, 0.15) is 5.76 Å². The number of nitrogens with two attached hydrogens (primary N) is 1. The third-order valence-corrected chi connectivity index (χ3v) is 2.32. The third kappa shape index (κ3) is 2.50. The number of nitrogens with zero attached hydrogens (tertiary/aromatic N) is 2. The molecule has 0 saturated heterocycles. The van der Waals surface area contributed by atoms with Gasteiger partial charge in [0.05, 0.1) is 16.9 Å². The Balaban J connectivity index is 2.08. The fourth-order valence-corrected chi connectivity index (χ4v) is 1.36. The van der Waals surface area contributed by atoms with Gasteiger partial charge in [0.1, 0.15) is 12.4 Å². The summed E-state index contributed by atoms with van der Waals surface area (Å²) < 4.78 is 11.2. The number of aromatic nitrogens is 2. The first kappa shape index (κ1) is 10.9. The lowest BCUT2D eigenvalue weighted by Gasteiger charge is -2.06. The number of hydrazine groups is 1.